The number of carbonyl (C=O) groups is 2. The molecule has 0 aliphatic carbocycles. The highest BCUT2D eigenvalue weighted by Crippen LogP contribution is 2.14. The number of amides is 1. The van der Waals surface area contributed by atoms with Gasteiger partial charge in [0.15, 0.2) is 5.78 Å². The van der Waals surface area contributed by atoms with Gasteiger partial charge in [0.1, 0.15) is 5.82 Å². The molecule has 1 heterocycles. The van der Waals surface area contributed by atoms with E-state index in [1.54, 1.807) is 17.0 Å². The molecule has 1 aliphatic heterocycles. The molecule has 26 heavy (non-hydrogen) atoms. The van der Waals surface area contributed by atoms with E-state index in [0.29, 0.717) is 38.3 Å². The monoisotopic (exact) mass is 354 g/mol. The molecule has 2 aromatic carbocycles. The number of aryl methyl sites for hydroxylation is 2. The lowest BCUT2D eigenvalue weighted by Gasteiger charge is -2.34. The highest BCUT2D eigenvalue weighted by molar-refractivity contribution is 5.99. The fraction of sp³-hybridized carbons (Fsp3) is 0.333. The van der Waals surface area contributed by atoms with Crippen LogP contribution in [-0.2, 0) is 0 Å². The van der Waals surface area contributed by atoms with E-state index < -0.39 is 5.82 Å². The molecule has 0 atom stereocenters. The average Bonchev–Trinajstić information content (AvgIpc) is 2.63. The second-order valence-corrected chi connectivity index (χ2v) is 6.82. The van der Waals surface area contributed by atoms with Gasteiger partial charge in [-0.3, -0.25) is 14.5 Å². The maximum Gasteiger partial charge on any atom is 0.254 e. The second kappa shape index (κ2) is 7.79. The van der Waals surface area contributed by atoms with E-state index in [4.69, 9.17) is 0 Å². The zero-order valence-electron chi connectivity index (χ0n) is 15.2. The van der Waals surface area contributed by atoms with Crippen molar-refractivity contribution in [1.82, 2.24) is 9.80 Å². The Bertz CT molecular complexity index is 827. The molecule has 5 heteroatoms. The number of halogens is 1. The summed E-state index contributed by atoms with van der Waals surface area (Å²) < 4.78 is 13.3. The summed E-state index contributed by atoms with van der Waals surface area (Å²) in [6.07, 6.45) is 0. The molecular weight excluding hydrogens is 331 g/mol. The minimum absolute atomic E-state index is 0.108. The van der Waals surface area contributed by atoms with Gasteiger partial charge < -0.3 is 4.90 Å². The molecule has 136 valence electrons. The fourth-order valence-electron chi connectivity index (χ4n) is 3.24. The summed E-state index contributed by atoms with van der Waals surface area (Å²) in [5.74, 6) is -0.463. The van der Waals surface area contributed by atoms with Crippen molar-refractivity contribution >= 4 is 11.7 Å². The van der Waals surface area contributed by atoms with Gasteiger partial charge in [-0.1, -0.05) is 23.8 Å². The molecule has 0 N–H and O–H groups in total. The van der Waals surface area contributed by atoms with Gasteiger partial charge in [-0.15, -0.1) is 0 Å². The van der Waals surface area contributed by atoms with Crippen LogP contribution in [0.25, 0.3) is 0 Å². The Morgan fingerprint density at radius 2 is 1.73 bits per heavy atom. The molecule has 2 aromatic rings. The van der Waals surface area contributed by atoms with Gasteiger partial charge in [0.2, 0.25) is 0 Å². The normalized spacial score (nSPS) is 15.1. The SMILES string of the molecule is Cc1ccc(C)c(C(=O)CN2CCN(C(=O)c3cccc(F)c3)CC2)c1. The Kier molecular flexibility index (Phi) is 5.47. The predicted octanol–water partition coefficient (Wildman–Crippen LogP) is 3.08. The first-order chi connectivity index (χ1) is 12.4. The van der Waals surface area contributed by atoms with Gasteiger partial charge in [0, 0.05) is 37.3 Å². The third-order valence-corrected chi connectivity index (χ3v) is 4.79. The lowest BCUT2D eigenvalue weighted by atomic mass is 10.0. The van der Waals surface area contributed by atoms with E-state index in [1.807, 2.05) is 32.0 Å². The number of ketones is 1. The first kappa shape index (κ1) is 18.3. The first-order valence-electron chi connectivity index (χ1n) is 8.81. The van der Waals surface area contributed by atoms with E-state index in [9.17, 15) is 14.0 Å². The molecule has 0 spiro atoms. The molecule has 1 fully saturated rings. The topological polar surface area (TPSA) is 40.6 Å². The third-order valence-electron chi connectivity index (χ3n) is 4.79. The van der Waals surface area contributed by atoms with Crippen molar-refractivity contribution in [2.45, 2.75) is 13.8 Å². The Balaban J connectivity index is 1.57. The van der Waals surface area contributed by atoms with Crippen molar-refractivity contribution in [3.63, 3.8) is 0 Å². The number of Topliss-reactive ketones (excluding diaryl/α,β-unsaturated/α-hetero) is 1. The maximum absolute atomic E-state index is 13.3. The van der Waals surface area contributed by atoms with Gasteiger partial charge >= 0.3 is 0 Å². The number of nitrogens with zero attached hydrogens (tertiary/aromatic N) is 2. The van der Waals surface area contributed by atoms with Crippen LogP contribution in [-0.4, -0.2) is 54.2 Å². The maximum atomic E-state index is 13.3. The van der Waals surface area contributed by atoms with Crippen molar-refractivity contribution in [1.29, 1.82) is 0 Å². The van der Waals surface area contributed by atoms with E-state index in [-0.39, 0.29) is 11.7 Å². The zero-order chi connectivity index (χ0) is 18.7. The highest BCUT2D eigenvalue weighted by Gasteiger charge is 2.24. The summed E-state index contributed by atoms with van der Waals surface area (Å²) in [7, 11) is 0. The largest absolute Gasteiger partial charge is 0.336 e. The molecule has 0 unspecified atom stereocenters. The Morgan fingerprint density at radius 3 is 2.42 bits per heavy atom. The van der Waals surface area contributed by atoms with Crippen LogP contribution in [0.2, 0.25) is 0 Å². The second-order valence-electron chi connectivity index (χ2n) is 6.82. The molecule has 1 amide bonds. The molecule has 1 aliphatic rings. The lowest BCUT2D eigenvalue weighted by molar-refractivity contribution is 0.0624. The van der Waals surface area contributed by atoms with Crippen molar-refractivity contribution in [2.24, 2.45) is 0 Å². The zero-order valence-corrected chi connectivity index (χ0v) is 15.2. The molecule has 0 bridgehead atoms. The van der Waals surface area contributed by atoms with Crippen LogP contribution in [0, 0.1) is 19.7 Å². The minimum Gasteiger partial charge on any atom is -0.336 e. The molecule has 3 rings (SSSR count). The van der Waals surface area contributed by atoms with Crippen molar-refractivity contribution in [3.05, 3.63) is 70.5 Å². The Hall–Kier alpha value is -2.53. The number of benzene rings is 2. The van der Waals surface area contributed by atoms with Gasteiger partial charge in [-0.25, -0.2) is 4.39 Å². The average molecular weight is 354 g/mol. The highest BCUT2D eigenvalue weighted by atomic mass is 19.1. The smallest absolute Gasteiger partial charge is 0.254 e. The summed E-state index contributed by atoms with van der Waals surface area (Å²) in [6, 6.07) is 11.7. The summed E-state index contributed by atoms with van der Waals surface area (Å²) in [4.78, 5) is 28.8. The summed E-state index contributed by atoms with van der Waals surface area (Å²) in [5, 5.41) is 0. The predicted molar refractivity (Wildman–Crippen MR) is 99.0 cm³/mol. The summed E-state index contributed by atoms with van der Waals surface area (Å²) >= 11 is 0. The van der Waals surface area contributed by atoms with Crippen molar-refractivity contribution in [2.75, 3.05) is 32.7 Å². The Morgan fingerprint density at radius 1 is 1.00 bits per heavy atom. The van der Waals surface area contributed by atoms with Crippen LogP contribution in [0.5, 0.6) is 0 Å². The van der Waals surface area contributed by atoms with Crippen LogP contribution in [0.4, 0.5) is 4.39 Å². The van der Waals surface area contributed by atoms with Gasteiger partial charge in [0.05, 0.1) is 6.54 Å². The van der Waals surface area contributed by atoms with Crippen LogP contribution in [0.1, 0.15) is 31.8 Å². The van der Waals surface area contributed by atoms with E-state index in [0.717, 1.165) is 16.7 Å². The fourth-order valence-corrected chi connectivity index (χ4v) is 3.24. The molecule has 0 aromatic heterocycles. The van der Waals surface area contributed by atoms with Crippen LogP contribution in [0.3, 0.4) is 0 Å². The van der Waals surface area contributed by atoms with E-state index in [2.05, 4.69) is 4.90 Å². The van der Waals surface area contributed by atoms with E-state index in [1.165, 1.54) is 12.1 Å². The first-order valence-corrected chi connectivity index (χ1v) is 8.81. The molecule has 0 radical (unpaired) electrons. The van der Waals surface area contributed by atoms with Crippen LogP contribution in [0.15, 0.2) is 42.5 Å². The number of carbonyl (C=O) groups excluding carboxylic acids is 2. The van der Waals surface area contributed by atoms with Gasteiger partial charge in [-0.2, -0.15) is 0 Å². The minimum atomic E-state index is -0.409. The molecular formula is C21H23FN2O2. The standard InChI is InChI=1S/C21H23FN2O2/c1-15-6-7-16(2)19(12-15)20(25)14-23-8-10-24(11-9-23)21(26)17-4-3-5-18(22)13-17/h3-7,12-13H,8-11,14H2,1-2H3. The number of hydrogen-bond acceptors (Lipinski definition) is 3. The Labute approximate surface area is 153 Å². The van der Waals surface area contributed by atoms with Crippen LogP contribution < -0.4 is 0 Å². The number of hydrogen-bond donors (Lipinski definition) is 0. The summed E-state index contributed by atoms with van der Waals surface area (Å²) in [5.41, 5.74) is 3.19. The van der Waals surface area contributed by atoms with E-state index >= 15 is 0 Å². The van der Waals surface area contributed by atoms with Gasteiger partial charge in [-0.05, 0) is 43.7 Å². The summed E-state index contributed by atoms with van der Waals surface area (Å²) in [6.45, 7) is 6.63. The van der Waals surface area contributed by atoms with Crippen molar-refractivity contribution < 1.29 is 14.0 Å². The van der Waals surface area contributed by atoms with Gasteiger partial charge in [0.25, 0.3) is 5.91 Å². The molecule has 4 nitrogen and oxygen atoms in total. The van der Waals surface area contributed by atoms with Crippen molar-refractivity contribution in [3.8, 4) is 0 Å². The number of piperazine rings is 1. The lowest BCUT2D eigenvalue weighted by Crippen LogP contribution is -2.50. The third kappa shape index (κ3) is 4.17. The van der Waals surface area contributed by atoms with Crippen LogP contribution >= 0.6 is 0 Å². The number of rotatable bonds is 4. The molecule has 1 saturated heterocycles. The quantitative estimate of drug-likeness (QED) is 0.793. The molecule has 0 saturated carbocycles.